The molecule has 1 aromatic carbocycles. The number of phenols is 1. The third-order valence-electron chi connectivity index (χ3n) is 7.80. The lowest BCUT2D eigenvalue weighted by atomic mass is 9.68. The maximum absolute atomic E-state index is 15.8. The van der Waals surface area contributed by atoms with Crippen molar-refractivity contribution in [1.82, 2.24) is 24.6 Å². The van der Waals surface area contributed by atoms with Crippen LogP contribution in [0.1, 0.15) is 33.1 Å². The standard InChI is InChI=1S/C25H31FN6O/c1-16-11-18-12-21(24(26)25(2,14-16)31(18)4)30(3)23-8-7-20(28-29-23)19-6-5-17(13-22(19)33)32-10-9-27-15-32/h5-10,13,15-16,18,21,24,33H,11-12,14H2,1-4H3/t16-,18?,21+,24-,25-/m1/s1. The monoisotopic (exact) mass is 450 g/mol. The Morgan fingerprint density at radius 3 is 2.67 bits per heavy atom. The topological polar surface area (TPSA) is 70.3 Å². The summed E-state index contributed by atoms with van der Waals surface area (Å²) >= 11 is 0. The van der Waals surface area contributed by atoms with Crippen LogP contribution < -0.4 is 4.90 Å². The normalized spacial score (nSPS) is 29.7. The quantitative estimate of drug-likeness (QED) is 0.646. The van der Waals surface area contributed by atoms with E-state index in [2.05, 4.69) is 41.0 Å². The number of imidazole rings is 1. The van der Waals surface area contributed by atoms with Crippen LogP contribution in [-0.2, 0) is 0 Å². The zero-order valence-corrected chi connectivity index (χ0v) is 19.6. The number of rotatable bonds is 4. The molecule has 2 fully saturated rings. The van der Waals surface area contributed by atoms with Crippen molar-refractivity contribution in [3.8, 4) is 22.7 Å². The van der Waals surface area contributed by atoms with Crippen LogP contribution in [0.3, 0.4) is 0 Å². The third-order valence-corrected chi connectivity index (χ3v) is 7.80. The van der Waals surface area contributed by atoms with Crippen LogP contribution in [0.2, 0.25) is 0 Å². The Balaban J connectivity index is 1.37. The molecule has 0 amide bonds. The SMILES string of the molecule is C[C@@H]1CC2C[C@H](N(C)c3ccc(-c4ccc(-n5ccnc5)cc4O)nn3)[C@@H](F)[C@@](C)(C1)N2C. The first-order valence-corrected chi connectivity index (χ1v) is 11.5. The molecule has 5 atom stereocenters. The zero-order chi connectivity index (χ0) is 23.3. The van der Waals surface area contributed by atoms with Gasteiger partial charge < -0.3 is 14.6 Å². The molecule has 174 valence electrons. The second-order valence-electron chi connectivity index (χ2n) is 9.93. The number of anilines is 1. The highest BCUT2D eigenvalue weighted by atomic mass is 19.1. The minimum Gasteiger partial charge on any atom is -0.507 e. The molecule has 7 nitrogen and oxygen atoms in total. The molecule has 3 aromatic rings. The summed E-state index contributed by atoms with van der Waals surface area (Å²) in [6, 6.07) is 9.20. The highest BCUT2D eigenvalue weighted by molar-refractivity contribution is 5.69. The summed E-state index contributed by atoms with van der Waals surface area (Å²) < 4.78 is 17.7. The van der Waals surface area contributed by atoms with Gasteiger partial charge in [0.2, 0.25) is 0 Å². The number of aromatic hydroxyl groups is 1. The number of phenolic OH excluding ortho intramolecular Hbond substituents is 1. The molecule has 33 heavy (non-hydrogen) atoms. The number of nitrogens with zero attached hydrogens (tertiary/aromatic N) is 6. The van der Waals surface area contributed by atoms with E-state index in [0.717, 1.165) is 24.9 Å². The van der Waals surface area contributed by atoms with E-state index in [-0.39, 0.29) is 11.8 Å². The molecule has 8 heteroatoms. The molecule has 0 saturated carbocycles. The van der Waals surface area contributed by atoms with Gasteiger partial charge in [-0.05, 0) is 63.4 Å². The Bertz CT molecular complexity index is 1120. The highest BCUT2D eigenvalue weighted by Crippen LogP contribution is 2.46. The van der Waals surface area contributed by atoms with E-state index in [4.69, 9.17) is 0 Å². The average molecular weight is 451 g/mol. The fourth-order valence-electron chi connectivity index (χ4n) is 5.84. The second kappa shape index (κ2) is 8.09. The predicted molar refractivity (Wildman–Crippen MR) is 126 cm³/mol. The van der Waals surface area contributed by atoms with E-state index in [1.54, 1.807) is 18.6 Å². The molecule has 4 heterocycles. The molecule has 2 aromatic heterocycles. The molecule has 1 unspecified atom stereocenters. The van der Waals surface area contributed by atoms with E-state index in [9.17, 15) is 5.11 Å². The summed E-state index contributed by atoms with van der Waals surface area (Å²) in [6.45, 7) is 4.29. The Morgan fingerprint density at radius 1 is 1.18 bits per heavy atom. The van der Waals surface area contributed by atoms with Gasteiger partial charge in [-0.15, -0.1) is 10.2 Å². The Kier molecular flexibility index (Phi) is 5.35. The lowest BCUT2D eigenvalue weighted by Crippen LogP contribution is -2.69. The lowest BCUT2D eigenvalue weighted by Gasteiger charge is -2.58. The van der Waals surface area contributed by atoms with Gasteiger partial charge in [0.05, 0.1) is 29.3 Å². The van der Waals surface area contributed by atoms with Gasteiger partial charge in [-0.1, -0.05) is 6.92 Å². The van der Waals surface area contributed by atoms with Crippen molar-refractivity contribution in [2.24, 2.45) is 5.92 Å². The summed E-state index contributed by atoms with van der Waals surface area (Å²) in [6.07, 6.45) is 6.94. The van der Waals surface area contributed by atoms with Gasteiger partial charge in [0, 0.05) is 37.1 Å². The number of hydrogen-bond donors (Lipinski definition) is 1. The summed E-state index contributed by atoms with van der Waals surface area (Å²) in [5, 5.41) is 19.3. The Labute approximate surface area is 193 Å². The van der Waals surface area contributed by atoms with Gasteiger partial charge in [0.15, 0.2) is 5.82 Å². The van der Waals surface area contributed by atoms with Gasteiger partial charge in [0.1, 0.15) is 11.9 Å². The molecule has 0 spiro atoms. The van der Waals surface area contributed by atoms with Crippen LogP contribution in [0, 0.1) is 5.92 Å². The zero-order valence-electron chi connectivity index (χ0n) is 19.6. The van der Waals surface area contributed by atoms with Crippen LogP contribution in [0.4, 0.5) is 10.2 Å². The highest BCUT2D eigenvalue weighted by Gasteiger charge is 2.54. The van der Waals surface area contributed by atoms with Crippen molar-refractivity contribution in [1.29, 1.82) is 0 Å². The summed E-state index contributed by atoms with van der Waals surface area (Å²) in [7, 11) is 3.98. The first-order chi connectivity index (χ1) is 15.8. The number of halogens is 1. The number of piperidine rings is 2. The summed E-state index contributed by atoms with van der Waals surface area (Å²) in [5.41, 5.74) is 1.51. The first-order valence-electron chi connectivity index (χ1n) is 11.5. The molecule has 0 aliphatic carbocycles. The Morgan fingerprint density at radius 2 is 2.00 bits per heavy atom. The first kappa shape index (κ1) is 21.8. The van der Waals surface area contributed by atoms with Crippen molar-refractivity contribution >= 4 is 5.82 Å². The maximum Gasteiger partial charge on any atom is 0.151 e. The maximum atomic E-state index is 15.8. The van der Waals surface area contributed by atoms with E-state index in [1.807, 2.05) is 47.0 Å². The van der Waals surface area contributed by atoms with Crippen molar-refractivity contribution < 1.29 is 9.50 Å². The third kappa shape index (κ3) is 3.66. The molecular formula is C25H31FN6O. The largest absolute Gasteiger partial charge is 0.507 e. The lowest BCUT2D eigenvalue weighted by molar-refractivity contribution is -0.0881. The van der Waals surface area contributed by atoms with Gasteiger partial charge in [-0.25, -0.2) is 9.37 Å². The van der Waals surface area contributed by atoms with E-state index < -0.39 is 11.7 Å². The predicted octanol–water partition coefficient (Wildman–Crippen LogP) is 4.07. The van der Waals surface area contributed by atoms with Crippen LogP contribution in [0.15, 0.2) is 49.1 Å². The van der Waals surface area contributed by atoms with E-state index in [1.165, 1.54) is 0 Å². The summed E-state index contributed by atoms with van der Waals surface area (Å²) in [5.74, 6) is 1.29. The Hall–Kier alpha value is -3.00. The molecule has 2 bridgehead atoms. The second-order valence-corrected chi connectivity index (χ2v) is 9.93. The van der Waals surface area contributed by atoms with Gasteiger partial charge >= 0.3 is 0 Å². The minimum atomic E-state index is -0.979. The van der Waals surface area contributed by atoms with Crippen LogP contribution >= 0.6 is 0 Å². The van der Waals surface area contributed by atoms with Crippen molar-refractivity contribution in [3.05, 3.63) is 49.1 Å². The molecule has 1 N–H and O–H groups in total. The molecule has 2 saturated heterocycles. The number of benzene rings is 1. The molecule has 0 radical (unpaired) electrons. The minimum absolute atomic E-state index is 0.116. The van der Waals surface area contributed by atoms with Crippen LogP contribution in [0.25, 0.3) is 16.9 Å². The molecule has 2 aliphatic heterocycles. The smallest absolute Gasteiger partial charge is 0.151 e. The van der Waals surface area contributed by atoms with Crippen molar-refractivity contribution in [3.63, 3.8) is 0 Å². The van der Waals surface area contributed by atoms with E-state index >= 15 is 4.39 Å². The van der Waals surface area contributed by atoms with Crippen molar-refractivity contribution in [2.75, 3.05) is 19.0 Å². The number of hydrogen-bond acceptors (Lipinski definition) is 6. The van der Waals surface area contributed by atoms with Crippen LogP contribution in [0.5, 0.6) is 5.75 Å². The molecular weight excluding hydrogens is 419 g/mol. The van der Waals surface area contributed by atoms with Gasteiger partial charge in [0.25, 0.3) is 0 Å². The number of fused-ring (bicyclic) bond motifs is 2. The van der Waals surface area contributed by atoms with Gasteiger partial charge in [-0.3, -0.25) is 4.90 Å². The van der Waals surface area contributed by atoms with Crippen molar-refractivity contribution in [2.45, 2.75) is 56.9 Å². The molecule has 5 rings (SSSR count). The molecule has 2 aliphatic rings. The summed E-state index contributed by atoms with van der Waals surface area (Å²) in [4.78, 5) is 8.23. The number of alkyl halides is 1. The van der Waals surface area contributed by atoms with E-state index in [0.29, 0.717) is 29.0 Å². The number of aromatic nitrogens is 4. The van der Waals surface area contributed by atoms with Crippen LogP contribution in [-0.4, -0.2) is 67.6 Å². The fraction of sp³-hybridized carbons (Fsp3) is 0.480. The van der Waals surface area contributed by atoms with Gasteiger partial charge in [-0.2, -0.15) is 0 Å². The average Bonchev–Trinajstić information content (AvgIpc) is 3.34. The fourth-order valence-corrected chi connectivity index (χ4v) is 5.84.